The molecule has 1 aromatic rings. The lowest BCUT2D eigenvalue weighted by molar-refractivity contribution is -0.120. The summed E-state index contributed by atoms with van der Waals surface area (Å²) in [5.74, 6) is 0.000926. The number of primary amides is 1. The number of carbonyl (C=O) groups excluding carboxylic acids is 1. The summed E-state index contributed by atoms with van der Waals surface area (Å²) < 4.78 is 0. The standard InChI is InChI=1S/C12H16N2O/c13-12(15)11(10-6-7-14-8-10)9-4-2-1-3-5-9/h1-5,10-11,14H,6-8H2,(H2,13,15). The summed E-state index contributed by atoms with van der Waals surface area (Å²) in [6.07, 6.45) is 1.03. The van der Waals surface area contributed by atoms with Crippen molar-refractivity contribution in [2.75, 3.05) is 13.1 Å². The molecule has 1 fully saturated rings. The molecule has 0 radical (unpaired) electrons. The molecule has 2 rings (SSSR count). The highest BCUT2D eigenvalue weighted by molar-refractivity contribution is 5.82. The SMILES string of the molecule is NC(=O)C(c1ccccc1)C1CCNC1. The van der Waals surface area contributed by atoms with Crippen molar-refractivity contribution < 1.29 is 4.79 Å². The molecule has 0 aromatic heterocycles. The van der Waals surface area contributed by atoms with Gasteiger partial charge in [-0.15, -0.1) is 0 Å². The lowest BCUT2D eigenvalue weighted by Crippen LogP contribution is -2.29. The molecule has 1 amide bonds. The van der Waals surface area contributed by atoms with Crippen LogP contribution in [0.15, 0.2) is 30.3 Å². The quantitative estimate of drug-likeness (QED) is 0.767. The van der Waals surface area contributed by atoms with Gasteiger partial charge in [0.15, 0.2) is 0 Å². The highest BCUT2D eigenvalue weighted by Gasteiger charge is 2.30. The van der Waals surface area contributed by atoms with Gasteiger partial charge in [-0.2, -0.15) is 0 Å². The van der Waals surface area contributed by atoms with Crippen molar-refractivity contribution in [1.82, 2.24) is 5.32 Å². The molecule has 0 spiro atoms. The van der Waals surface area contributed by atoms with Crippen LogP contribution in [0.5, 0.6) is 0 Å². The average Bonchev–Trinajstić information content (AvgIpc) is 2.72. The summed E-state index contributed by atoms with van der Waals surface area (Å²) in [6.45, 7) is 1.88. The zero-order valence-corrected chi connectivity index (χ0v) is 8.65. The van der Waals surface area contributed by atoms with Gasteiger partial charge in [-0.25, -0.2) is 0 Å². The second kappa shape index (κ2) is 4.45. The minimum atomic E-state index is -0.213. The zero-order valence-electron chi connectivity index (χ0n) is 8.65. The maximum atomic E-state index is 11.5. The van der Waals surface area contributed by atoms with Crippen molar-refractivity contribution >= 4 is 5.91 Å². The van der Waals surface area contributed by atoms with Gasteiger partial charge >= 0.3 is 0 Å². The summed E-state index contributed by atoms with van der Waals surface area (Å²) >= 11 is 0. The number of hydrogen-bond acceptors (Lipinski definition) is 2. The Morgan fingerprint density at radius 1 is 1.40 bits per heavy atom. The lowest BCUT2D eigenvalue weighted by atomic mass is 9.85. The van der Waals surface area contributed by atoms with Crippen LogP contribution in [0, 0.1) is 5.92 Å². The number of amides is 1. The number of nitrogens with one attached hydrogen (secondary N) is 1. The third-order valence-corrected chi connectivity index (χ3v) is 3.04. The third-order valence-electron chi connectivity index (χ3n) is 3.04. The van der Waals surface area contributed by atoms with Gasteiger partial charge in [0.05, 0.1) is 5.92 Å². The molecule has 0 bridgehead atoms. The Hall–Kier alpha value is -1.35. The van der Waals surface area contributed by atoms with E-state index < -0.39 is 0 Å². The van der Waals surface area contributed by atoms with Crippen LogP contribution in [0.1, 0.15) is 17.9 Å². The highest BCUT2D eigenvalue weighted by Crippen LogP contribution is 2.28. The maximum Gasteiger partial charge on any atom is 0.225 e. The first-order valence-corrected chi connectivity index (χ1v) is 5.34. The number of benzene rings is 1. The average molecular weight is 204 g/mol. The molecule has 3 nitrogen and oxygen atoms in total. The predicted molar refractivity (Wildman–Crippen MR) is 59.4 cm³/mol. The number of rotatable bonds is 3. The van der Waals surface area contributed by atoms with E-state index >= 15 is 0 Å². The Bertz CT molecular complexity index is 331. The second-order valence-corrected chi connectivity index (χ2v) is 4.04. The number of carbonyl (C=O) groups is 1. The normalized spacial score (nSPS) is 22.5. The fourth-order valence-corrected chi connectivity index (χ4v) is 2.29. The zero-order chi connectivity index (χ0) is 10.7. The van der Waals surface area contributed by atoms with Crippen molar-refractivity contribution in [3.63, 3.8) is 0 Å². The molecule has 0 saturated carbocycles. The van der Waals surface area contributed by atoms with E-state index in [4.69, 9.17) is 5.73 Å². The van der Waals surface area contributed by atoms with Gasteiger partial charge in [0.25, 0.3) is 0 Å². The van der Waals surface area contributed by atoms with Crippen molar-refractivity contribution in [2.24, 2.45) is 11.7 Å². The first-order chi connectivity index (χ1) is 7.29. The molecule has 0 aliphatic carbocycles. The lowest BCUT2D eigenvalue weighted by Gasteiger charge is -2.19. The Morgan fingerprint density at radius 3 is 2.67 bits per heavy atom. The summed E-state index contributed by atoms with van der Waals surface area (Å²) in [5, 5.41) is 3.27. The van der Waals surface area contributed by atoms with Gasteiger partial charge < -0.3 is 11.1 Å². The topological polar surface area (TPSA) is 55.1 Å². The van der Waals surface area contributed by atoms with E-state index in [9.17, 15) is 4.79 Å². The smallest absolute Gasteiger partial charge is 0.225 e. The van der Waals surface area contributed by atoms with E-state index in [1.807, 2.05) is 30.3 Å². The highest BCUT2D eigenvalue weighted by atomic mass is 16.1. The van der Waals surface area contributed by atoms with E-state index in [0.29, 0.717) is 5.92 Å². The molecule has 1 aromatic carbocycles. The van der Waals surface area contributed by atoms with E-state index in [2.05, 4.69) is 5.32 Å². The largest absolute Gasteiger partial charge is 0.369 e. The first-order valence-electron chi connectivity index (χ1n) is 5.34. The predicted octanol–water partition coefficient (Wildman–Crippen LogP) is 0.865. The molecule has 2 unspecified atom stereocenters. The molecular formula is C12H16N2O. The Labute approximate surface area is 89.7 Å². The van der Waals surface area contributed by atoms with Crippen LogP contribution in [0.4, 0.5) is 0 Å². The number of nitrogens with two attached hydrogens (primary N) is 1. The third kappa shape index (κ3) is 2.18. The van der Waals surface area contributed by atoms with Crippen molar-refractivity contribution in [3.05, 3.63) is 35.9 Å². The van der Waals surface area contributed by atoms with Crippen LogP contribution >= 0.6 is 0 Å². The molecule has 3 heteroatoms. The first kappa shape index (κ1) is 10.2. The summed E-state index contributed by atoms with van der Waals surface area (Å²) in [7, 11) is 0. The Kier molecular flexibility index (Phi) is 3.02. The monoisotopic (exact) mass is 204 g/mol. The van der Waals surface area contributed by atoms with Crippen LogP contribution in [0.3, 0.4) is 0 Å². The second-order valence-electron chi connectivity index (χ2n) is 4.04. The van der Waals surface area contributed by atoms with Crippen molar-refractivity contribution in [2.45, 2.75) is 12.3 Å². The van der Waals surface area contributed by atoms with Gasteiger partial charge in [-0.1, -0.05) is 30.3 Å². The van der Waals surface area contributed by atoms with Crippen LogP contribution in [-0.4, -0.2) is 19.0 Å². The molecule has 3 N–H and O–H groups in total. The van der Waals surface area contributed by atoms with E-state index in [1.165, 1.54) is 0 Å². The summed E-state index contributed by atoms with van der Waals surface area (Å²) in [6, 6.07) is 9.82. The van der Waals surface area contributed by atoms with Crippen LogP contribution in [0.2, 0.25) is 0 Å². The summed E-state index contributed by atoms with van der Waals surface area (Å²) in [4.78, 5) is 11.5. The molecule has 1 heterocycles. The fraction of sp³-hybridized carbons (Fsp3) is 0.417. The van der Waals surface area contributed by atoms with Crippen LogP contribution < -0.4 is 11.1 Å². The Morgan fingerprint density at radius 2 is 2.13 bits per heavy atom. The number of hydrogen-bond donors (Lipinski definition) is 2. The van der Waals surface area contributed by atoms with Gasteiger partial charge in [0, 0.05) is 0 Å². The maximum absolute atomic E-state index is 11.5. The molecule has 80 valence electrons. The Balaban J connectivity index is 2.23. The minimum Gasteiger partial charge on any atom is -0.369 e. The van der Waals surface area contributed by atoms with E-state index in [1.54, 1.807) is 0 Å². The molecular weight excluding hydrogens is 188 g/mol. The van der Waals surface area contributed by atoms with Crippen LogP contribution in [-0.2, 0) is 4.79 Å². The van der Waals surface area contributed by atoms with E-state index in [-0.39, 0.29) is 11.8 Å². The van der Waals surface area contributed by atoms with Crippen LogP contribution in [0.25, 0.3) is 0 Å². The molecule has 1 saturated heterocycles. The molecule has 2 atom stereocenters. The van der Waals surface area contributed by atoms with Crippen molar-refractivity contribution in [1.29, 1.82) is 0 Å². The van der Waals surface area contributed by atoms with Gasteiger partial charge in [0.1, 0.15) is 0 Å². The van der Waals surface area contributed by atoms with Crippen molar-refractivity contribution in [3.8, 4) is 0 Å². The molecule has 1 aliphatic rings. The van der Waals surface area contributed by atoms with E-state index in [0.717, 1.165) is 25.1 Å². The van der Waals surface area contributed by atoms with Gasteiger partial charge in [-0.3, -0.25) is 4.79 Å². The molecule has 1 aliphatic heterocycles. The van der Waals surface area contributed by atoms with Gasteiger partial charge in [-0.05, 0) is 31.0 Å². The summed E-state index contributed by atoms with van der Waals surface area (Å²) in [5.41, 5.74) is 6.52. The minimum absolute atomic E-state index is 0.138. The fourth-order valence-electron chi connectivity index (χ4n) is 2.29. The van der Waals surface area contributed by atoms with Gasteiger partial charge in [0.2, 0.25) is 5.91 Å². The molecule has 15 heavy (non-hydrogen) atoms.